The first kappa shape index (κ1) is 18.9. The van der Waals surface area contributed by atoms with Crippen LogP contribution in [0.15, 0.2) is 34.9 Å². The van der Waals surface area contributed by atoms with E-state index in [2.05, 4.69) is 15.2 Å². The van der Waals surface area contributed by atoms with E-state index in [0.717, 1.165) is 28.7 Å². The first-order valence-electron chi connectivity index (χ1n) is 9.85. The fourth-order valence-electron chi connectivity index (χ4n) is 4.09. The number of hydrogen-bond donors (Lipinski definition) is 1. The summed E-state index contributed by atoms with van der Waals surface area (Å²) in [6, 6.07) is 9.22. The SMILES string of the molecule is Cc1ccccc1C1(c2noc(-c3cc(C(F)F)n(CC4(C(=O)O)CC4)n3)n2)CC1. The number of carboxylic acid groups (broad SMARTS) is 1. The molecule has 2 aliphatic rings. The van der Waals surface area contributed by atoms with Gasteiger partial charge in [0.15, 0.2) is 11.5 Å². The van der Waals surface area contributed by atoms with Gasteiger partial charge in [-0.1, -0.05) is 29.4 Å². The van der Waals surface area contributed by atoms with Crippen molar-refractivity contribution in [2.45, 2.75) is 51.0 Å². The smallest absolute Gasteiger partial charge is 0.311 e. The van der Waals surface area contributed by atoms with Crippen molar-refractivity contribution in [1.29, 1.82) is 0 Å². The van der Waals surface area contributed by atoms with E-state index in [0.29, 0.717) is 18.7 Å². The summed E-state index contributed by atoms with van der Waals surface area (Å²) < 4.78 is 33.5. The van der Waals surface area contributed by atoms with Crippen LogP contribution in [0.25, 0.3) is 11.6 Å². The number of benzene rings is 1. The van der Waals surface area contributed by atoms with Crippen LogP contribution in [0.1, 0.15) is 54.8 Å². The van der Waals surface area contributed by atoms with Gasteiger partial charge >= 0.3 is 5.97 Å². The van der Waals surface area contributed by atoms with Gasteiger partial charge in [-0.15, -0.1) is 0 Å². The zero-order valence-corrected chi connectivity index (χ0v) is 16.3. The Bertz CT molecular complexity index is 1130. The van der Waals surface area contributed by atoms with Crippen molar-refractivity contribution in [2.75, 3.05) is 0 Å². The molecule has 156 valence electrons. The molecule has 0 bridgehead atoms. The van der Waals surface area contributed by atoms with Crippen molar-refractivity contribution in [3.05, 3.63) is 53.0 Å². The molecule has 1 N–H and O–H groups in total. The number of hydrogen-bond acceptors (Lipinski definition) is 5. The normalized spacial score (nSPS) is 18.5. The monoisotopic (exact) mass is 414 g/mol. The first-order chi connectivity index (χ1) is 14.3. The highest BCUT2D eigenvalue weighted by Gasteiger charge is 2.52. The van der Waals surface area contributed by atoms with Gasteiger partial charge in [0.25, 0.3) is 12.3 Å². The van der Waals surface area contributed by atoms with E-state index in [-0.39, 0.29) is 29.2 Å². The van der Waals surface area contributed by atoms with Crippen LogP contribution in [-0.2, 0) is 16.8 Å². The lowest BCUT2D eigenvalue weighted by molar-refractivity contribution is -0.144. The highest BCUT2D eigenvalue weighted by Crippen LogP contribution is 2.53. The molecule has 0 spiro atoms. The summed E-state index contributed by atoms with van der Waals surface area (Å²) in [5.74, 6) is -0.413. The summed E-state index contributed by atoms with van der Waals surface area (Å²) in [5, 5.41) is 17.7. The minimum atomic E-state index is -2.79. The van der Waals surface area contributed by atoms with Crippen LogP contribution in [0.4, 0.5) is 8.78 Å². The van der Waals surface area contributed by atoms with Crippen molar-refractivity contribution in [2.24, 2.45) is 5.41 Å². The van der Waals surface area contributed by atoms with Gasteiger partial charge in [-0.3, -0.25) is 9.48 Å². The van der Waals surface area contributed by atoms with Gasteiger partial charge < -0.3 is 9.63 Å². The number of aryl methyl sites for hydroxylation is 1. The van der Waals surface area contributed by atoms with Crippen LogP contribution in [0, 0.1) is 12.3 Å². The molecule has 0 unspecified atom stereocenters. The topological polar surface area (TPSA) is 94.0 Å². The Morgan fingerprint density at radius 1 is 1.27 bits per heavy atom. The fourth-order valence-corrected chi connectivity index (χ4v) is 4.09. The van der Waals surface area contributed by atoms with E-state index in [4.69, 9.17) is 4.52 Å². The molecular formula is C21H20F2N4O3. The molecule has 9 heteroatoms. The standard InChI is InChI=1S/C21H20F2N4O3/c1-12-4-2-3-5-13(12)21(8-9-21)18-24-17(30-26-18)14-10-15(16(22)23)27(25-14)11-20(6-7-20)19(28)29/h2-5,10,16H,6-9,11H2,1H3,(H,28,29). The van der Waals surface area contributed by atoms with Gasteiger partial charge in [0.2, 0.25) is 0 Å². The van der Waals surface area contributed by atoms with Crippen LogP contribution in [0.3, 0.4) is 0 Å². The molecule has 1 aromatic carbocycles. The third kappa shape index (κ3) is 2.91. The average Bonchev–Trinajstić information content (AvgIpc) is 3.58. The summed E-state index contributed by atoms with van der Waals surface area (Å²) in [6.45, 7) is 1.93. The van der Waals surface area contributed by atoms with Crippen molar-refractivity contribution < 1.29 is 23.2 Å². The molecule has 5 rings (SSSR count). The summed E-state index contributed by atoms with van der Waals surface area (Å²) in [7, 11) is 0. The number of nitrogens with zero attached hydrogens (tertiary/aromatic N) is 4. The zero-order chi connectivity index (χ0) is 21.1. The van der Waals surface area contributed by atoms with Crippen molar-refractivity contribution >= 4 is 5.97 Å². The number of alkyl halides is 2. The van der Waals surface area contributed by atoms with Gasteiger partial charge in [-0.25, -0.2) is 8.78 Å². The van der Waals surface area contributed by atoms with E-state index < -0.39 is 17.8 Å². The number of halogens is 2. The second-order valence-corrected chi connectivity index (χ2v) is 8.32. The summed E-state index contributed by atoms with van der Waals surface area (Å²) in [5.41, 5.74) is 0.712. The Hall–Kier alpha value is -3.10. The largest absolute Gasteiger partial charge is 0.481 e. The lowest BCUT2D eigenvalue weighted by Crippen LogP contribution is -2.23. The molecule has 2 fully saturated rings. The lowest BCUT2D eigenvalue weighted by Gasteiger charge is -2.13. The number of carboxylic acids is 1. The van der Waals surface area contributed by atoms with E-state index >= 15 is 0 Å². The highest BCUT2D eigenvalue weighted by atomic mass is 19.3. The molecular weight excluding hydrogens is 394 g/mol. The third-order valence-electron chi connectivity index (χ3n) is 6.28. The Morgan fingerprint density at radius 3 is 2.60 bits per heavy atom. The highest BCUT2D eigenvalue weighted by molar-refractivity contribution is 5.77. The van der Waals surface area contributed by atoms with E-state index in [1.807, 2.05) is 31.2 Å². The predicted octanol–water partition coefficient (Wildman–Crippen LogP) is 4.12. The lowest BCUT2D eigenvalue weighted by atomic mass is 9.91. The van der Waals surface area contributed by atoms with Crippen LogP contribution in [0.5, 0.6) is 0 Å². The van der Waals surface area contributed by atoms with Gasteiger partial charge in [-0.05, 0) is 49.8 Å². The Labute approximate surface area is 170 Å². The van der Waals surface area contributed by atoms with Crippen molar-refractivity contribution in [3.63, 3.8) is 0 Å². The second kappa shape index (κ2) is 6.45. The summed E-state index contributed by atoms with van der Waals surface area (Å²) in [6.07, 6.45) is -0.128. The minimum absolute atomic E-state index is 0.0608. The van der Waals surface area contributed by atoms with Crippen LogP contribution < -0.4 is 0 Å². The molecule has 0 atom stereocenters. The van der Waals surface area contributed by atoms with Crippen LogP contribution in [-0.4, -0.2) is 31.0 Å². The van der Waals surface area contributed by atoms with Crippen molar-refractivity contribution in [3.8, 4) is 11.6 Å². The molecule has 2 saturated carbocycles. The third-order valence-corrected chi connectivity index (χ3v) is 6.28. The van der Waals surface area contributed by atoms with E-state index in [9.17, 15) is 18.7 Å². The maximum absolute atomic E-state index is 13.5. The minimum Gasteiger partial charge on any atom is -0.481 e. The zero-order valence-electron chi connectivity index (χ0n) is 16.3. The molecule has 7 nitrogen and oxygen atoms in total. The molecule has 30 heavy (non-hydrogen) atoms. The van der Waals surface area contributed by atoms with E-state index in [1.54, 1.807) is 0 Å². The Balaban J connectivity index is 1.48. The predicted molar refractivity (Wildman–Crippen MR) is 101 cm³/mol. The summed E-state index contributed by atoms with van der Waals surface area (Å²) >= 11 is 0. The number of carbonyl (C=O) groups is 1. The molecule has 0 aliphatic heterocycles. The maximum atomic E-state index is 13.5. The summed E-state index contributed by atoms with van der Waals surface area (Å²) in [4.78, 5) is 15.9. The Kier molecular flexibility index (Phi) is 4.06. The van der Waals surface area contributed by atoms with E-state index in [1.165, 1.54) is 6.07 Å². The number of aliphatic carboxylic acids is 1. The van der Waals surface area contributed by atoms with Crippen molar-refractivity contribution in [1.82, 2.24) is 19.9 Å². The quantitative estimate of drug-likeness (QED) is 0.625. The second-order valence-electron chi connectivity index (χ2n) is 8.32. The molecule has 2 aliphatic carbocycles. The molecule has 2 heterocycles. The number of aromatic nitrogens is 4. The van der Waals surface area contributed by atoms with Gasteiger partial charge in [0, 0.05) is 0 Å². The number of rotatable bonds is 7. The van der Waals surface area contributed by atoms with Crippen LogP contribution >= 0.6 is 0 Å². The van der Waals surface area contributed by atoms with Crippen LogP contribution in [0.2, 0.25) is 0 Å². The molecule has 3 aromatic rings. The molecule has 2 aromatic heterocycles. The maximum Gasteiger partial charge on any atom is 0.311 e. The molecule has 0 amide bonds. The molecule has 0 radical (unpaired) electrons. The Morgan fingerprint density at radius 2 is 2.00 bits per heavy atom. The van der Waals surface area contributed by atoms with Gasteiger partial charge in [0.1, 0.15) is 5.69 Å². The van der Waals surface area contributed by atoms with Gasteiger partial charge in [-0.2, -0.15) is 10.1 Å². The average molecular weight is 414 g/mol. The molecule has 0 saturated heterocycles. The van der Waals surface area contributed by atoms with Gasteiger partial charge in [0.05, 0.1) is 17.4 Å². The first-order valence-corrected chi connectivity index (χ1v) is 9.85. The fraction of sp³-hybridized carbons (Fsp3) is 0.429.